The van der Waals surface area contributed by atoms with Gasteiger partial charge in [-0.05, 0) is 60.0 Å². The number of aryl methyl sites for hydroxylation is 1. The van der Waals surface area contributed by atoms with Gasteiger partial charge in [-0.3, -0.25) is 0 Å². The summed E-state index contributed by atoms with van der Waals surface area (Å²) in [5.41, 5.74) is 4.25. The highest BCUT2D eigenvalue weighted by molar-refractivity contribution is 6.32. The Morgan fingerprint density at radius 1 is 0.808 bits per heavy atom. The van der Waals surface area contributed by atoms with Gasteiger partial charge in [0.15, 0.2) is 0 Å². The van der Waals surface area contributed by atoms with E-state index in [1.807, 2.05) is 67.6 Å². The molecule has 0 radical (unpaired) electrons. The van der Waals surface area contributed by atoms with Crippen molar-refractivity contribution in [1.82, 2.24) is 0 Å². The fraction of sp³-hybridized carbons (Fsp3) is 0.143. The first kappa shape index (κ1) is 18.9. The molecule has 5 heteroatoms. The van der Waals surface area contributed by atoms with Gasteiger partial charge in [-0.2, -0.15) is 0 Å². The highest BCUT2D eigenvalue weighted by atomic mass is 35.5. The molecule has 0 fully saturated rings. The molecule has 3 aromatic rings. The van der Waals surface area contributed by atoms with Crippen LogP contribution in [0.25, 0.3) is 0 Å². The third kappa shape index (κ3) is 5.07. The summed E-state index contributed by atoms with van der Waals surface area (Å²) in [4.78, 5) is 0. The molecule has 0 atom stereocenters. The quantitative estimate of drug-likeness (QED) is 0.469. The van der Waals surface area contributed by atoms with E-state index in [2.05, 4.69) is 5.32 Å². The minimum absolute atomic E-state index is 0.441. The van der Waals surface area contributed by atoms with Crippen LogP contribution in [0.15, 0.2) is 60.7 Å². The standard InChI is InChI=1S/C21H18Cl3NO/c1-14-2-6-18(23)11-20(14)25-12-16-5-9-21(19(24)10-16)26-13-15-3-7-17(22)8-4-15/h2-11,25H,12-13H2,1H3. The van der Waals surface area contributed by atoms with Crippen molar-refractivity contribution in [1.29, 1.82) is 0 Å². The molecule has 0 aliphatic carbocycles. The van der Waals surface area contributed by atoms with E-state index in [0.717, 1.165) is 22.4 Å². The van der Waals surface area contributed by atoms with Crippen LogP contribution in [0, 0.1) is 6.92 Å². The third-order valence-electron chi connectivity index (χ3n) is 3.99. The van der Waals surface area contributed by atoms with Crippen LogP contribution in [0.3, 0.4) is 0 Å². The molecule has 0 aliphatic rings. The maximum absolute atomic E-state index is 6.36. The van der Waals surface area contributed by atoms with E-state index in [4.69, 9.17) is 39.5 Å². The van der Waals surface area contributed by atoms with Gasteiger partial charge in [0.25, 0.3) is 0 Å². The Bertz CT molecular complexity index is 894. The first-order valence-corrected chi connectivity index (χ1v) is 9.30. The van der Waals surface area contributed by atoms with E-state index in [-0.39, 0.29) is 0 Å². The van der Waals surface area contributed by atoms with Crippen molar-refractivity contribution in [3.8, 4) is 5.75 Å². The highest BCUT2D eigenvalue weighted by Gasteiger charge is 2.05. The van der Waals surface area contributed by atoms with E-state index in [9.17, 15) is 0 Å². The molecule has 0 bridgehead atoms. The van der Waals surface area contributed by atoms with Gasteiger partial charge in [0.1, 0.15) is 12.4 Å². The third-order valence-corrected chi connectivity index (χ3v) is 4.77. The average molecular weight is 407 g/mol. The van der Waals surface area contributed by atoms with Crippen molar-refractivity contribution in [3.05, 3.63) is 92.4 Å². The molecule has 0 aliphatic heterocycles. The topological polar surface area (TPSA) is 21.3 Å². The molecule has 0 spiro atoms. The zero-order valence-corrected chi connectivity index (χ0v) is 16.5. The summed E-state index contributed by atoms with van der Waals surface area (Å²) in [5, 5.41) is 5.39. The van der Waals surface area contributed by atoms with Crippen molar-refractivity contribution >= 4 is 40.5 Å². The van der Waals surface area contributed by atoms with Crippen LogP contribution >= 0.6 is 34.8 Å². The Morgan fingerprint density at radius 2 is 1.50 bits per heavy atom. The molecule has 3 aromatic carbocycles. The fourth-order valence-corrected chi connectivity index (χ4v) is 3.05. The van der Waals surface area contributed by atoms with Crippen molar-refractivity contribution in [2.75, 3.05) is 5.32 Å². The van der Waals surface area contributed by atoms with Crippen LogP contribution in [-0.2, 0) is 13.2 Å². The lowest BCUT2D eigenvalue weighted by atomic mass is 10.1. The monoisotopic (exact) mass is 405 g/mol. The number of anilines is 1. The smallest absolute Gasteiger partial charge is 0.138 e. The molecular weight excluding hydrogens is 389 g/mol. The number of halogens is 3. The number of benzene rings is 3. The van der Waals surface area contributed by atoms with Crippen LogP contribution in [-0.4, -0.2) is 0 Å². The van der Waals surface area contributed by atoms with Gasteiger partial charge in [-0.1, -0.05) is 59.1 Å². The second kappa shape index (κ2) is 8.68. The summed E-state index contributed by atoms with van der Waals surface area (Å²) in [6, 6.07) is 19.1. The molecule has 0 amide bonds. The SMILES string of the molecule is Cc1ccc(Cl)cc1NCc1ccc(OCc2ccc(Cl)cc2)c(Cl)c1. The van der Waals surface area contributed by atoms with Crippen molar-refractivity contribution < 1.29 is 4.74 Å². The first-order chi connectivity index (χ1) is 12.5. The van der Waals surface area contributed by atoms with E-state index < -0.39 is 0 Å². The number of hydrogen-bond acceptors (Lipinski definition) is 2. The molecule has 26 heavy (non-hydrogen) atoms. The Labute approximate surface area is 168 Å². The summed E-state index contributed by atoms with van der Waals surface area (Å²) in [7, 11) is 0. The van der Waals surface area contributed by atoms with Crippen LogP contribution in [0.5, 0.6) is 5.75 Å². The van der Waals surface area contributed by atoms with Crippen LogP contribution in [0.1, 0.15) is 16.7 Å². The number of rotatable bonds is 6. The van der Waals surface area contributed by atoms with Gasteiger partial charge >= 0.3 is 0 Å². The lowest BCUT2D eigenvalue weighted by molar-refractivity contribution is 0.306. The normalized spacial score (nSPS) is 10.6. The zero-order valence-electron chi connectivity index (χ0n) is 14.2. The van der Waals surface area contributed by atoms with Crippen LogP contribution < -0.4 is 10.1 Å². The number of ether oxygens (including phenoxy) is 1. The van der Waals surface area contributed by atoms with Gasteiger partial charge in [0.05, 0.1) is 5.02 Å². The average Bonchev–Trinajstić information content (AvgIpc) is 2.63. The maximum Gasteiger partial charge on any atom is 0.138 e. The molecule has 0 unspecified atom stereocenters. The summed E-state index contributed by atoms with van der Waals surface area (Å²) >= 11 is 18.3. The molecular formula is C21H18Cl3NO. The van der Waals surface area contributed by atoms with Gasteiger partial charge in [-0.15, -0.1) is 0 Å². The van der Waals surface area contributed by atoms with Crippen LogP contribution in [0.2, 0.25) is 15.1 Å². The molecule has 0 heterocycles. The van der Waals surface area contributed by atoms with Crippen molar-refractivity contribution in [2.24, 2.45) is 0 Å². The van der Waals surface area contributed by atoms with E-state index >= 15 is 0 Å². The largest absolute Gasteiger partial charge is 0.487 e. The fourth-order valence-electron chi connectivity index (χ4n) is 2.50. The van der Waals surface area contributed by atoms with Crippen molar-refractivity contribution in [3.63, 3.8) is 0 Å². The first-order valence-electron chi connectivity index (χ1n) is 8.17. The van der Waals surface area contributed by atoms with Gasteiger partial charge in [0, 0.05) is 22.3 Å². The van der Waals surface area contributed by atoms with E-state index in [0.29, 0.717) is 34.0 Å². The number of nitrogens with one attached hydrogen (secondary N) is 1. The number of hydrogen-bond donors (Lipinski definition) is 1. The highest BCUT2D eigenvalue weighted by Crippen LogP contribution is 2.27. The van der Waals surface area contributed by atoms with E-state index in [1.54, 1.807) is 0 Å². The lowest BCUT2D eigenvalue weighted by Crippen LogP contribution is -2.02. The minimum Gasteiger partial charge on any atom is -0.487 e. The van der Waals surface area contributed by atoms with Gasteiger partial charge < -0.3 is 10.1 Å². The Balaban J connectivity index is 1.61. The Kier molecular flexibility index (Phi) is 6.31. The van der Waals surface area contributed by atoms with E-state index in [1.165, 1.54) is 0 Å². The molecule has 0 saturated carbocycles. The molecule has 1 N–H and O–H groups in total. The summed E-state index contributed by atoms with van der Waals surface area (Å²) in [6.45, 7) is 3.13. The van der Waals surface area contributed by atoms with Crippen molar-refractivity contribution in [2.45, 2.75) is 20.1 Å². The Morgan fingerprint density at radius 3 is 2.23 bits per heavy atom. The second-order valence-electron chi connectivity index (χ2n) is 5.99. The molecule has 3 rings (SSSR count). The second-order valence-corrected chi connectivity index (χ2v) is 7.27. The van der Waals surface area contributed by atoms with Crippen LogP contribution in [0.4, 0.5) is 5.69 Å². The molecule has 0 aromatic heterocycles. The van der Waals surface area contributed by atoms with Gasteiger partial charge in [0.2, 0.25) is 0 Å². The molecule has 134 valence electrons. The zero-order chi connectivity index (χ0) is 18.5. The Hall–Kier alpha value is -1.87. The molecule has 0 saturated heterocycles. The maximum atomic E-state index is 6.36. The summed E-state index contributed by atoms with van der Waals surface area (Å²) in [6.07, 6.45) is 0. The van der Waals surface area contributed by atoms with Gasteiger partial charge in [-0.25, -0.2) is 0 Å². The lowest BCUT2D eigenvalue weighted by Gasteiger charge is -2.12. The predicted octanol–water partition coefficient (Wildman–Crippen LogP) is 7.15. The summed E-state index contributed by atoms with van der Waals surface area (Å²) in [5.74, 6) is 0.657. The predicted molar refractivity (Wildman–Crippen MR) is 111 cm³/mol. The molecule has 2 nitrogen and oxygen atoms in total. The minimum atomic E-state index is 0.441. The summed E-state index contributed by atoms with van der Waals surface area (Å²) < 4.78 is 5.80.